The molecule has 0 aliphatic carbocycles. The van der Waals surface area contributed by atoms with E-state index in [0.29, 0.717) is 6.04 Å². The highest BCUT2D eigenvalue weighted by Crippen LogP contribution is 2.35. The fraction of sp³-hybridized carbons (Fsp3) is 0.520. The van der Waals surface area contributed by atoms with Gasteiger partial charge in [0, 0.05) is 23.3 Å². The van der Waals surface area contributed by atoms with E-state index in [2.05, 4.69) is 85.3 Å². The summed E-state index contributed by atoms with van der Waals surface area (Å²) in [5, 5.41) is 1.19. The molecule has 0 spiro atoms. The minimum Gasteiger partial charge on any atom is -0.353 e. The number of rotatable bonds is 2. The van der Waals surface area contributed by atoms with Crippen molar-refractivity contribution in [1.29, 1.82) is 0 Å². The summed E-state index contributed by atoms with van der Waals surface area (Å²) >= 11 is 3.61. The first-order valence-corrected chi connectivity index (χ1v) is 12.0. The van der Waals surface area contributed by atoms with E-state index >= 15 is 0 Å². The molecule has 0 amide bonds. The molecule has 1 atom stereocenters. The van der Waals surface area contributed by atoms with Gasteiger partial charge in [0.1, 0.15) is 11.6 Å². The van der Waals surface area contributed by atoms with E-state index in [1.165, 1.54) is 53.4 Å². The Morgan fingerprint density at radius 3 is 2.23 bits per heavy atom. The minimum atomic E-state index is 0.523. The molecule has 30 heavy (non-hydrogen) atoms. The Bertz CT molecular complexity index is 1010. The first-order valence-electron chi connectivity index (χ1n) is 11.2. The van der Waals surface area contributed by atoms with Crippen LogP contribution < -0.4 is 4.90 Å². The lowest BCUT2D eigenvalue weighted by atomic mass is 10.0. The predicted octanol–water partition coefficient (Wildman–Crippen LogP) is 7.21. The Labute approximate surface area is 189 Å². The SMILES string of the molecule is CCC.Cc1nc(N2CCCCC2C)c2c(C)cn(-c3c(C)cc(Br)cc3C)c2n1. The molecule has 3 aromatic rings. The standard InChI is InChI=1S/C22H27BrN4.C3H8/c1-13-10-18(23)11-14(2)20(13)27-12-15(3)19-21(24-17(5)25-22(19)27)26-9-7-6-8-16(26)4;1-3-2/h10-12,16H,6-9H2,1-5H3;3H2,1-2H3. The maximum atomic E-state index is 4.90. The molecule has 0 saturated carbocycles. The van der Waals surface area contributed by atoms with Gasteiger partial charge in [-0.15, -0.1) is 0 Å². The van der Waals surface area contributed by atoms with Crippen LogP contribution in [0.5, 0.6) is 0 Å². The largest absolute Gasteiger partial charge is 0.353 e. The second-order valence-electron chi connectivity index (χ2n) is 8.61. The van der Waals surface area contributed by atoms with Gasteiger partial charge in [0.05, 0.1) is 11.1 Å². The maximum absolute atomic E-state index is 4.90. The number of anilines is 1. The zero-order chi connectivity index (χ0) is 22.0. The molecule has 1 unspecified atom stereocenters. The van der Waals surface area contributed by atoms with E-state index in [-0.39, 0.29) is 0 Å². The summed E-state index contributed by atoms with van der Waals surface area (Å²) in [5.41, 5.74) is 5.94. The van der Waals surface area contributed by atoms with Crippen LogP contribution in [0.3, 0.4) is 0 Å². The molecule has 1 aliphatic heterocycles. The van der Waals surface area contributed by atoms with Crippen LogP contribution in [0.4, 0.5) is 5.82 Å². The number of hydrogen-bond donors (Lipinski definition) is 0. The van der Waals surface area contributed by atoms with Crippen LogP contribution in [0.2, 0.25) is 0 Å². The normalized spacial score (nSPS) is 16.5. The molecule has 0 bridgehead atoms. The molecular formula is C25H35BrN4. The van der Waals surface area contributed by atoms with Gasteiger partial charge >= 0.3 is 0 Å². The summed E-state index contributed by atoms with van der Waals surface area (Å²) in [6.45, 7) is 16.2. The summed E-state index contributed by atoms with van der Waals surface area (Å²) < 4.78 is 3.37. The summed E-state index contributed by atoms with van der Waals surface area (Å²) in [4.78, 5) is 12.3. The first-order chi connectivity index (χ1) is 14.3. The fourth-order valence-electron chi connectivity index (χ4n) is 4.46. The fourth-order valence-corrected chi connectivity index (χ4v) is 5.15. The van der Waals surface area contributed by atoms with Crippen molar-refractivity contribution in [3.63, 3.8) is 0 Å². The molecule has 1 aliphatic rings. The van der Waals surface area contributed by atoms with Crippen molar-refractivity contribution in [1.82, 2.24) is 14.5 Å². The lowest BCUT2D eigenvalue weighted by molar-refractivity contribution is 0.482. The number of nitrogens with zero attached hydrogens (tertiary/aromatic N) is 4. The van der Waals surface area contributed by atoms with Crippen molar-refractivity contribution in [2.24, 2.45) is 0 Å². The Morgan fingerprint density at radius 1 is 1.00 bits per heavy atom. The number of aromatic nitrogens is 3. The average molecular weight is 471 g/mol. The minimum absolute atomic E-state index is 0.523. The van der Waals surface area contributed by atoms with Crippen molar-refractivity contribution in [2.45, 2.75) is 80.2 Å². The summed E-state index contributed by atoms with van der Waals surface area (Å²) in [7, 11) is 0. The lowest BCUT2D eigenvalue weighted by Crippen LogP contribution is -2.38. The van der Waals surface area contributed by atoms with Crippen molar-refractivity contribution in [2.75, 3.05) is 11.4 Å². The lowest BCUT2D eigenvalue weighted by Gasteiger charge is -2.35. The quantitative estimate of drug-likeness (QED) is 0.396. The number of aryl methyl sites for hydroxylation is 4. The summed E-state index contributed by atoms with van der Waals surface area (Å²) in [5.74, 6) is 1.94. The van der Waals surface area contributed by atoms with Crippen LogP contribution in [0, 0.1) is 27.7 Å². The maximum Gasteiger partial charge on any atom is 0.150 e. The molecule has 2 aromatic heterocycles. The molecule has 0 N–H and O–H groups in total. The predicted molar refractivity (Wildman–Crippen MR) is 132 cm³/mol. The third kappa shape index (κ3) is 4.41. The average Bonchev–Trinajstić information content (AvgIpc) is 2.97. The van der Waals surface area contributed by atoms with Crippen LogP contribution in [0.25, 0.3) is 16.7 Å². The second kappa shape index (κ2) is 9.51. The number of fused-ring (bicyclic) bond motifs is 1. The highest BCUT2D eigenvalue weighted by atomic mass is 79.9. The Hall–Kier alpha value is -1.88. The highest BCUT2D eigenvalue weighted by molar-refractivity contribution is 9.10. The smallest absolute Gasteiger partial charge is 0.150 e. The zero-order valence-electron chi connectivity index (χ0n) is 19.5. The summed E-state index contributed by atoms with van der Waals surface area (Å²) in [6.07, 6.45) is 7.25. The topological polar surface area (TPSA) is 34.0 Å². The molecule has 1 aromatic carbocycles. The molecule has 162 valence electrons. The van der Waals surface area contributed by atoms with Crippen LogP contribution in [0.15, 0.2) is 22.8 Å². The monoisotopic (exact) mass is 470 g/mol. The number of hydrogen-bond acceptors (Lipinski definition) is 3. The van der Waals surface area contributed by atoms with Gasteiger partial charge in [-0.1, -0.05) is 36.2 Å². The van der Waals surface area contributed by atoms with E-state index in [4.69, 9.17) is 9.97 Å². The molecule has 3 heterocycles. The van der Waals surface area contributed by atoms with Crippen LogP contribution >= 0.6 is 15.9 Å². The second-order valence-corrected chi connectivity index (χ2v) is 9.52. The number of benzene rings is 1. The molecule has 0 radical (unpaired) electrons. The van der Waals surface area contributed by atoms with Gasteiger partial charge in [0.2, 0.25) is 0 Å². The third-order valence-corrected chi connectivity index (χ3v) is 6.16. The Balaban J connectivity index is 0.000000806. The molecule has 4 nitrogen and oxygen atoms in total. The van der Waals surface area contributed by atoms with Gasteiger partial charge in [-0.25, -0.2) is 9.97 Å². The van der Waals surface area contributed by atoms with E-state index in [9.17, 15) is 0 Å². The summed E-state index contributed by atoms with van der Waals surface area (Å²) in [6, 6.07) is 4.87. The van der Waals surface area contributed by atoms with Gasteiger partial charge in [0.25, 0.3) is 0 Å². The third-order valence-electron chi connectivity index (χ3n) is 5.70. The van der Waals surface area contributed by atoms with Gasteiger partial charge in [-0.3, -0.25) is 0 Å². The van der Waals surface area contributed by atoms with Crippen LogP contribution in [0.1, 0.15) is 69.0 Å². The number of halogens is 1. The van der Waals surface area contributed by atoms with Crippen molar-refractivity contribution < 1.29 is 0 Å². The van der Waals surface area contributed by atoms with Crippen LogP contribution in [-0.2, 0) is 0 Å². The van der Waals surface area contributed by atoms with E-state index < -0.39 is 0 Å². The molecular weight excluding hydrogens is 436 g/mol. The van der Waals surface area contributed by atoms with Crippen molar-refractivity contribution in [3.05, 3.63) is 45.3 Å². The Morgan fingerprint density at radius 2 is 1.63 bits per heavy atom. The molecule has 1 saturated heterocycles. The molecule has 1 fully saturated rings. The van der Waals surface area contributed by atoms with E-state index in [1.54, 1.807) is 0 Å². The number of piperidine rings is 1. The molecule has 4 rings (SSSR count). The van der Waals surface area contributed by atoms with Gasteiger partial charge in [-0.2, -0.15) is 0 Å². The van der Waals surface area contributed by atoms with Crippen LogP contribution in [-0.4, -0.2) is 27.1 Å². The highest BCUT2D eigenvalue weighted by Gasteiger charge is 2.25. The van der Waals surface area contributed by atoms with Crippen molar-refractivity contribution in [3.8, 4) is 5.69 Å². The van der Waals surface area contributed by atoms with Crippen molar-refractivity contribution >= 4 is 32.8 Å². The molecule has 5 heteroatoms. The first kappa shape index (κ1) is 22.8. The Kier molecular flexibility index (Phi) is 7.22. The van der Waals surface area contributed by atoms with Gasteiger partial charge < -0.3 is 9.47 Å². The van der Waals surface area contributed by atoms with E-state index in [0.717, 1.165) is 28.3 Å². The van der Waals surface area contributed by atoms with E-state index in [1.807, 2.05) is 6.92 Å². The van der Waals surface area contributed by atoms with Gasteiger partial charge in [0.15, 0.2) is 5.65 Å². The van der Waals surface area contributed by atoms with Gasteiger partial charge in [-0.05, 0) is 82.7 Å². The zero-order valence-corrected chi connectivity index (χ0v) is 21.1.